The second-order valence-electron chi connectivity index (χ2n) is 9.15. The fraction of sp³-hybridized carbons (Fsp3) is 0.481. The van der Waals surface area contributed by atoms with E-state index in [1.54, 1.807) is 6.07 Å². The second-order valence-corrected chi connectivity index (χ2v) is 9.15. The zero-order chi connectivity index (χ0) is 23.1. The Morgan fingerprint density at radius 3 is 2.53 bits per heavy atom. The lowest BCUT2D eigenvalue weighted by molar-refractivity contribution is 0.187. The second kappa shape index (κ2) is 11.5. The van der Waals surface area contributed by atoms with E-state index in [2.05, 4.69) is 23.7 Å². The molecule has 0 spiro atoms. The number of likely N-dealkylation sites (tertiary alicyclic amines) is 1. The van der Waals surface area contributed by atoms with E-state index in [4.69, 9.17) is 5.73 Å². The maximum Gasteiger partial charge on any atom is 0.146 e. The maximum absolute atomic E-state index is 14.5. The standard InChI is InChI=1S/C27H37F2N3/c1-4-21(18-32-13-6-5-7-14-32)9-8-10-22-16-23(28)17-26(27(22)20(3)30)31-25-12-11-19(2)15-24(25)29/h11-12,15-17,21,31H,3-10,13-14,18,30H2,1-2H3. The van der Waals surface area contributed by atoms with Gasteiger partial charge in [-0.05, 0) is 93.4 Å². The van der Waals surface area contributed by atoms with E-state index in [1.807, 2.05) is 13.0 Å². The number of nitrogens with two attached hydrogens (primary N) is 1. The summed E-state index contributed by atoms with van der Waals surface area (Å²) in [7, 11) is 0. The number of halogens is 2. The van der Waals surface area contributed by atoms with Crippen LogP contribution in [0.2, 0.25) is 0 Å². The number of nitrogens with zero attached hydrogens (tertiary/aromatic N) is 1. The molecule has 3 rings (SSSR count). The summed E-state index contributed by atoms with van der Waals surface area (Å²) in [6, 6.07) is 7.82. The number of hydrogen-bond acceptors (Lipinski definition) is 3. The lowest BCUT2D eigenvalue weighted by Gasteiger charge is -2.30. The number of aryl methyl sites for hydroxylation is 2. The Morgan fingerprint density at radius 1 is 1.12 bits per heavy atom. The zero-order valence-corrected chi connectivity index (χ0v) is 19.5. The topological polar surface area (TPSA) is 41.3 Å². The van der Waals surface area contributed by atoms with Crippen LogP contribution in [-0.4, -0.2) is 24.5 Å². The molecule has 0 radical (unpaired) electrons. The van der Waals surface area contributed by atoms with Crippen molar-refractivity contribution in [1.82, 2.24) is 4.90 Å². The molecular formula is C27H37F2N3. The molecule has 1 saturated heterocycles. The molecule has 0 aromatic heterocycles. The van der Waals surface area contributed by atoms with Gasteiger partial charge < -0.3 is 16.0 Å². The van der Waals surface area contributed by atoms with E-state index in [0.717, 1.165) is 36.9 Å². The van der Waals surface area contributed by atoms with Crippen molar-refractivity contribution in [2.45, 2.75) is 58.8 Å². The van der Waals surface area contributed by atoms with Gasteiger partial charge in [-0.2, -0.15) is 0 Å². The van der Waals surface area contributed by atoms with Crippen LogP contribution in [0.15, 0.2) is 36.9 Å². The molecule has 1 aliphatic rings. The molecule has 0 aliphatic carbocycles. The third-order valence-electron chi connectivity index (χ3n) is 6.50. The van der Waals surface area contributed by atoms with Gasteiger partial charge in [0.05, 0.1) is 11.4 Å². The van der Waals surface area contributed by atoms with Crippen LogP contribution in [0.25, 0.3) is 5.70 Å². The molecule has 1 atom stereocenters. The van der Waals surface area contributed by atoms with Crippen LogP contribution in [0.5, 0.6) is 0 Å². The largest absolute Gasteiger partial charge is 0.399 e. The predicted molar refractivity (Wildman–Crippen MR) is 131 cm³/mol. The molecule has 5 heteroatoms. The minimum atomic E-state index is -0.382. The summed E-state index contributed by atoms with van der Waals surface area (Å²) in [6.45, 7) is 11.6. The molecule has 0 saturated carbocycles. The van der Waals surface area contributed by atoms with Crippen LogP contribution in [-0.2, 0) is 6.42 Å². The molecule has 1 unspecified atom stereocenters. The molecule has 174 valence electrons. The lowest BCUT2D eigenvalue weighted by Crippen LogP contribution is -2.34. The van der Waals surface area contributed by atoms with Crippen molar-refractivity contribution in [1.29, 1.82) is 0 Å². The van der Waals surface area contributed by atoms with Gasteiger partial charge in [-0.25, -0.2) is 8.78 Å². The average molecular weight is 442 g/mol. The molecule has 1 aliphatic heterocycles. The first-order valence-electron chi connectivity index (χ1n) is 11.9. The van der Waals surface area contributed by atoms with E-state index in [1.165, 1.54) is 50.6 Å². The minimum Gasteiger partial charge on any atom is -0.399 e. The highest BCUT2D eigenvalue weighted by molar-refractivity contribution is 5.79. The summed E-state index contributed by atoms with van der Waals surface area (Å²) in [5.41, 5.74) is 9.53. The number of anilines is 2. The average Bonchev–Trinajstić information content (AvgIpc) is 2.75. The van der Waals surface area contributed by atoms with Gasteiger partial charge in [-0.15, -0.1) is 0 Å². The summed E-state index contributed by atoms with van der Waals surface area (Å²) < 4.78 is 28.9. The zero-order valence-electron chi connectivity index (χ0n) is 19.5. The summed E-state index contributed by atoms with van der Waals surface area (Å²) in [6.07, 6.45) is 7.86. The van der Waals surface area contributed by atoms with Gasteiger partial charge in [-0.3, -0.25) is 0 Å². The third-order valence-corrected chi connectivity index (χ3v) is 6.50. The quantitative estimate of drug-likeness (QED) is 0.427. The normalized spacial score (nSPS) is 15.5. The van der Waals surface area contributed by atoms with Crippen molar-refractivity contribution in [2.24, 2.45) is 11.7 Å². The Hall–Kier alpha value is -2.40. The molecule has 3 nitrogen and oxygen atoms in total. The van der Waals surface area contributed by atoms with Gasteiger partial charge in [0, 0.05) is 17.8 Å². The van der Waals surface area contributed by atoms with Gasteiger partial charge in [-0.1, -0.05) is 32.4 Å². The van der Waals surface area contributed by atoms with Gasteiger partial charge in [0.15, 0.2) is 0 Å². The first-order chi connectivity index (χ1) is 15.4. The number of piperidine rings is 1. The van der Waals surface area contributed by atoms with Crippen molar-refractivity contribution >= 4 is 17.1 Å². The van der Waals surface area contributed by atoms with Crippen LogP contribution in [0, 0.1) is 24.5 Å². The van der Waals surface area contributed by atoms with Gasteiger partial charge >= 0.3 is 0 Å². The van der Waals surface area contributed by atoms with E-state index < -0.39 is 0 Å². The molecule has 32 heavy (non-hydrogen) atoms. The Bertz CT molecular complexity index is 919. The summed E-state index contributed by atoms with van der Waals surface area (Å²) in [5, 5.41) is 3.03. The lowest BCUT2D eigenvalue weighted by atomic mass is 9.93. The first-order valence-corrected chi connectivity index (χ1v) is 11.9. The molecule has 2 aromatic carbocycles. The Morgan fingerprint density at radius 2 is 1.88 bits per heavy atom. The molecule has 3 N–H and O–H groups in total. The fourth-order valence-corrected chi connectivity index (χ4v) is 4.72. The maximum atomic E-state index is 14.5. The van der Waals surface area contributed by atoms with Gasteiger partial charge in [0.25, 0.3) is 0 Å². The smallest absolute Gasteiger partial charge is 0.146 e. The number of hydrogen-bond donors (Lipinski definition) is 2. The van der Waals surface area contributed by atoms with E-state index in [-0.39, 0.29) is 11.6 Å². The van der Waals surface area contributed by atoms with Crippen molar-refractivity contribution in [3.63, 3.8) is 0 Å². The molecule has 1 fully saturated rings. The minimum absolute atomic E-state index is 0.294. The van der Waals surface area contributed by atoms with Crippen LogP contribution < -0.4 is 11.1 Å². The monoisotopic (exact) mass is 441 g/mol. The first kappa shape index (κ1) is 24.2. The molecular weight excluding hydrogens is 404 g/mol. The van der Waals surface area contributed by atoms with E-state index in [0.29, 0.717) is 35.0 Å². The van der Waals surface area contributed by atoms with E-state index >= 15 is 0 Å². The van der Waals surface area contributed by atoms with Crippen molar-refractivity contribution < 1.29 is 8.78 Å². The Kier molecular flexibility index (Phi) is 8.68. The van der Waals surface area contributed by atoms with Gasteiger partial charge in [0.2, 0.25) is 0 Å². The highest BCUT2D eigenvalue weighted by Gasteiger charge is 2.17. The fourth-order valence-electron chi connectivity index (χ4n) is 4.72. The van der Waals surface area contributed by atoms with Crippen molar-refractivity contribution in [3.05, 3.63) is 65.2 Å². The van der Waals surface area contributed by atoms with Crippen LogP contribution >= 0.6 is 0 Å². The van der Waals surface area contributed by atoms with Crippen LogP contribution in [0.1, 0.15) is 62.1 Å². The van der Waals surface area contributed by atoms with Crippen molar-refractivity contribution in [3.8, 4) is 0 Å². The molecule has 0 amide bonds. The van der Waals surface area contributed by atoms with Crippen molar-refractivity contribution in [2.75, 3.05) is 25.0 Å². The van der Waals surface area contributed by atoms with E-state index in [9.17, 15) is 8.78 Å². The Balaban J connectivity index is 1.72. The predicted octanol–water partition coefficient (Wildman–Crippen LogP) is 6.78. The summed E-state index contributed by atoms with van der Waals surface area (Å²) in [4.78, 5) is 2.59. The highest BCUT2D eigenvalue weighted by Crippen LogP contribution is 2.31. The number of benzene rings is 2. The summed E-state index contributed by atoms with van der Waals surface area (Å²) >= 11 is 0. The summed E-state index contributed by atoms with van der Waals surface area (Å²) in [5.74, 6) is -0.0984. The Labute approximate surface area is 191 Å². The number of rotatable bonds is 10. The highest BCUT2D eigenvalue weighted by atomic mass is 19.1. The SMILES string of the molecule is C=C(N)c1c(CCCC(CC)CN2CCCCC2)cc(F)cc1Nc1ccc(C)cc1F. The third kappa shape index (κ3) is 6.55. The number of nitrogens with one attached hydrogen (secondary N) is 1. The van der Waals surface area contributed by atoms with Crippen LogP contribution in [0.4, 0.5) is 20.2 Å². The van der Waals surface area contributed by atoms with Crippen LogP contribution in [0.3, 0.4) is 0 Å². The molecule has 0 bridgehead atoms. The molecule has 1 heterocycles. The van der Waals surface area contributed by atoms with Gasteiger partial charge in [0.1, 0.15) is 11.6 Å². The molecule has 2 aromatic rings.